The first-order chi connectivity index (χ1) is 26.3. The zero-order valence-corrected chi connectivity index (χ0v) is 40.9. The maximum Gasteiger partial charge on any atom is 0.472 e. The second-order valence-corrected chi connectivity index (χ2v) is 22.2. The van der Waals surface area contributed by atoms with Crippen LogP contribution in [-0.2, 0) is 23.1 Å². The number of quaternary nitrogens is 1. The van der Waals surface area contributed by atoms with Gasteiger partial charge in [-0.1, -0.05) is 185 Å². The molecule has 0 saturated carbocycles. The summed E-state index contributed by atoms with van der Waals surface area (Å²) in [6.45, 7) is 26.0. The third-order valence-corrected chi connectivity index (χ3v) is 13.0. The first-order valence-electron chi connectivity index (χ1n) is 23.9. The average Bonchev–Trinajstić information content (AvgIpc) is 3.07. The lowest BCUT2D eigenvalue weighted by Gasteiger charge is -2.24. The second kappa shape index (κ2) is 33.7. The van der Waals surface area contributed by atoms with Crippen molar-refractivity contribution in [2.45, 2.75) is 204 Å². The van der Waals surface area contributed by atoms with Gasteiger partial charge in [-0.3, -0.25) is 9.05 Å². The van der Waals surface area contributed by atoms with Gasteiger partial charge in [0.2, 0.25) is 0 Å². The molecule has 0 aromatic carbocycles. The van der Waals surface area contributed by atoms with Crippen LogP contribution in [0.15, 0.2) is 0 Å². The van der Waals surface area contributed by atoms with E-state index in [2.05, 4.69) is 69.2 Å². The number of phosphoric acid groups is 1. The number of phosphoric ester groups is 1. The number of nitrogens with zero attached hydrogens (tertiary/aromatic N) is 1. The molecule has 0 aliphatic carbocycles. The highest BCUT2D eigenvalue weighted by atomic mass is 31.2. The maximum absolute atomic E-state index is 12.6. The Bertz CT molecular complexity index is 926. The molecule has 8 atom stereocenters. The van der Waals surface area contributed by atoms with Crippen molar-refractivity contribution >= 4 is 7.82 Å². The molecule has 0 spiro atoms. The fraction of sp³-hybridized carbons (Fsp3) is 1.00. The van der Waals surface area contributed by atoms with Gasteiger partial charge in [0.1, 0.15) is 19.3 Å². The van der Waals surface area contributed by atoms with Gasteiger partial charge in [0.05, 0.1) is 34.4 Å². The van der Waals surface area contributed by atoms with Crippen molar-refractivity contribution in [3.63, 3.8) is 0 Å². The molecule has 0 rings (SSSR count). The topological polar surface area (TPSA) is 74.2 Å². The van der Waals surface area contributed by atoms with Crippen molar-refractivity contribution in [1.29, 1.82) is 0 Å². The summed E-state index contributed by atoms with van der Waals surface area (Å²) in [5.74, 6) is 6.15. The molecule has 0 aliphatic rings. The molecule has 0 amide bonds. The van der Waals surface area contributed by atoms with E-state index in [0.29, 0.717) is 42.7 Å². The molecule has 1 N–H and O–H groups in total. The number of hydrogen-bond donors (Lipinski definition) is 1. The number of hydrogen-bond acceptors (Lipinski definition) is 5. The van der Waals surface area contributed by atoms with Gasteiger partial charge in [-0.25, -0.2) is 4.57 Å². The van der Waals surface area contributed by atoms with E-state index in [1.54, 1.807) is 0 Å². The molecule has 1 unspecified atom stereocenters. The summed E-state index contributed by atoms with van der Waals surface area (Å²) in [5, 5.41) is 0. The van der Waals surface area contributed by atoms with Crippen LogP contribution in [-0.4, -0.2) is 76.2 Å². The number of likely N-dealkylation sites (N-methyl/N-ethyl adjacent to an activating group) is 1. The van der Waals surface area contributed by atoms with Crippen molar-refractivity contribution in [1.82, 2.24) is 0 Å². The second-order valence-electron chi connectivity index (χ2n) is 20.8. The average molecular weight is 819 g/mol. The van der Waals surface area contributed by atoms with Gasteiger partial charge >= 0.3 is 7.82 Å². The van der Waals surface area contributed by atoms with Gasteiger partial charge in [-0.2, -0.15) is 0 Å². The molecule has 0 aromatic rings. The van der Waals surface area contributed by atoms with E-state index in [9.17, 15) is 9.46 Å². The molecular formula is C48H101NO6P+. The summed E-state index contributed by atoms with van der Waals surface area (Å²) in [6.07, 6.45) is 25.6. The fourth-order valence-corrected chi connectivity index (χ4v) is 8.34. The van der Waals surface area contributed by atoms with Crippen LogP contribution < -0.4 is 0 Å². The third kappa shape index (κ3) is 38.2. The Kier molecular flexibility index (Phi) is 33.7. The summed E-state index contributed by atoms with van der Waals surface area (Å²) < 4.78 is 36.3. The number of rotatable bonds is 40. The maximum atomic E-state index is 12.6. The minimum absolute atomic E-state index is 0.0233. The summed E-state index contributed by atoms with van der Waals surface area (Å²) in [7, 11) is 1.89. The Morgan fingerprint density at radius 2 is 0.786 bits per heavy atom. The summed E-state index contributed by atoms with van der Waals surface area (Å²) in [4.78, 5) is 10.3. The molecule has 0 fully saturated rings. The quantitative estimate of drug-likeness (QED) is 0.0377. The standard InChI is InChI=1S/C48H100NO6P/c1-40(2)20-14-22-42(5)24-16-26-44(7)28-18-30-46(9)32-35-52-38-48(39-55-56(50,51)54-37-34-49(11,12)13)53-36-33-47(10)31-19-29-45(8)27-17-25-43(6)23-15-21-41(3)4/h40-48H,14-39H2,1-13H3/p+1/t42-,43-,44-,45-,46-,47-,48+/m1/s1. The lowest BCUT2D eigenvalue weighted by atomic mass is 9.91. The Balaban J connectivity index is 4.55. The van der Waals surface area contributed by atoms with E-state index in [1.165, 1.54) is 116 Å². The first kappa shape index (κ1) is 56.0. The van der Waals surface area contributed by atoms with Gasteiger partial charge in [0, 0.05) is 13.2 Å². The van der Waals surface area contributed by atoms with Crippen LogP contribution in [0.1, 0.15) is 198 Å². The minimum Gasteiger partial charge on any atom is -0.379 e. The minimum atomic E-state index is -4.17. The molecule has 0 aliphatic heterocycles. The zero-order valence-electron chi connectivity index (χ0n) is 40.0. The van der Waals surface area contributed by atoms with Crippen LogP contribution in [0.4, 0.5) is 0 Å². The van der Waals surface area contributed by atoms with E-state index in [0.717, 1.165) is 48.3 Å². The van der Waals surface area contributed by atoms with Crippen LogP contribution in [0.25, 0.3) is 0 Å². The summed E-state index contributed by atoms with van der Waals surface area (Å²) >= 11 is 0. The Hall–Kier alpha value is -0.0100. The Labute approximate surface area is 351 Å². The SMILES string of the molecule is CC(C)CCC[C@@H](C)CCC[C@@H](C)CCC[C@@H](C)CCOC[C@@H](COP(=O)(O)OCC[N+](C)(C)C)OCC[C@H](C)CCC[C@H](C)CCC[C@H](C)CCCC(C)C. The molecule has 0 saturated heterocycles. The van der Waals surface area contributed by atoms with Crippen LogP contribution >= 0.6 is 7.82 Å². The van der Waals surface area contributed by atoms with E-state index >= 15 is 0 Å². The monoisotopic (exact) mass is 819 g/mol. The largest absolute Gasteiger partial charge is 0.472 e. The molecule has 0 aromatic heterocycles. The molecule has 0 radical (unpaired) electrons. The van der Waals surface area contributed by atoms with Crippen molar-refractivity contribution in [2.24, 2.45) is 47.3 Å². The highest BCUT2D eigenvalue weighted by Gasteiger charge is 2.25. The van der Waals surface area contributed by atoms with E-state index < -0.39 is 13.9 Å². The zero-order chi connectivity index (χ0) is 42.4. The van der Waals surface area contributed by atoms with Crippen molar-refractivity contribution in [3.05, 3.63) is 0 Å². The lowest BCUT2D eigenvalue weighted by Crippen LogP contribution is -2.37. The van der Waals surface area contributed by atoms with Gasteiger partial charge in [0.25, 0.3) is 0 Å². The van der Waals surface area contributed by atoms with E-state index in [1.807, 2.05) is 21.1 Å². The molecular weight excluding hydrogens is 718 g/mol. The van der Waals surface area contributed by atoms with Gasteiger partial charge in [-0.05, 0) is 60.2 Å². The van der Waals surface area contributed by atoms with Crippen molar-refractivity contribution in [3.8, 4) is 0 Å². The van der Waals surface area contributed by atoms with Gasteiger partial charge < -0.3 is 18.9 Å². The first-order valence-corrected chi connectivity index (χ1v) is 25.4. The van der Waals surface area contributed by atoms with Crippen molar-refractivity contribution < 1.29 is 32.5 Å². The normalized spacial score (nSPS) is 17.5. The highest BCUT2D eigenvalue weighted by Crippen LogP contribution is 2.43. The molecule has 56 heavy (non-hydrogen) atoms. The fourth-order valence-electron chi connectivity index (χ4n) is 7.60. The molecule has 7 nitrogen and oxygen atoms in total. The highest BCUT2D eigenvalue weighted by molar-refractivity contribution is 7.47. The van der Waals surface area contributed by atoms with Crippen LogP contribution in [0, 0.1) is 47.3 Å². The van der Waals surface area contributed by atoms with Crippen LogP contribution in [0.3, 0.4) is 0 Å². The van der Waals surface area contributed by atoms with Crippen LogP contribution in [0.2, 0.25) is 0 Å². The lowest BCUT2D eigenvalue weighted by molar-refractivity contribution is -0.870. The molecule has 0 bridgehead atoms. The molecule has 0 heterocycles. The van der Waals surface area contributed by atoms with Crippen LogP contribution in [0.5, 0.6) is 0 Å². The predicted octanol–water partition coefficient (Wildman–Crippen LogP) is 14.2. The predicted molar refractivity (Wildman–Crippen MR) is 242 cm³/mol. The molecule has 338 valence electrons. The summed E-state index contributed by atoms with van der Waals surface area (Å²) in [5.41, 5.74) is 0. The number of ether oxygens (including phenoxy) is 2. The summed E-state index contributed by atoms with van der Waals surface area (Å²) in [6, 6.07) is 0. The van der Waals surface area contributed by atoms with E-state index in [4.69, 9.17) is 18.5 Å². The Morgan fingerprint density at radius 1 is 0.446 bits per heavy atom. The van der Waals surface area contributed by atoms with Crippen molar-refractivity contribution in [2.75, 3.05) is 60.7 Å². The smallest absolute Gasteiger partial charge is 0.379 e. The van der Waals surface area contributed by atoms with Gasteiger partial charge in [0.15, 0.2) is 0 Å². The third-order valence-electron chi connectivity index (χ3n) is 12.0. The van der Waals surface area contributed by atoms with E-state index in [-0.39, 0.29) is 13.2 Å². The Morgan fingerprint density at radius 3 is 1.14 bits per heavy atom. The van der Waals surface area contributed by atoms with Gasteiger partial charge in [-0.15, -0.1) is 0 Å². The molecule has 8 heteroatoms.